The van der Waals surface area contributed by atoms with Crippen molar-refractivity contribution in [3.05, 3.63) is 54.6 Å². The summed E-state index contributed by atoms with van der Waals surface area (Å²) in [7, 11) is 1.18. The third kappa shape index (κ3) is 4.65. The summed E-state index contributed by atoms with van der Waals surface area (Å²) in [6.07, 6.45) is -2.15. The molecule has 2 aromatic rings. The summed E-state index contributed by atoms with van der Waals surface area (Å²) in [6.45, 7) is 5.13. The molecule has 0 aliphatic rings. The molecule has 6 nitrogen and oxygen atoms in total. The number of carbonyl (C=O) groups excluding carboxylic acids is 1. The summed E-state index contributed by atoms with van der Waals surface area (Å²) < 4.78 is 4.79. The van der Waals surface area contributed by atoms with Gasteiger partial charge in [0.2, 0.25) is 0 Å². The SMILES string of the molecule is COC(=O)N(c1ccc(-c2ccccc2)cc1)C(C(=O)O)C(O)C(C)(C)C. The first-order valence-corrected chi connectivity index (χ1v) is 8.60. The lowest BCUT2D eigenvalue weighted by molar-refractivity contribution is -0.143. The molecule has 0 radical (unpaired) electrons. The summed E-state index contributed by atoms with van der Waals surface area (Å²) in [6, 6.07) is 15.1. The minimum atomic E-state index is -1.49. The van der Waals surface area contributed by atoms with E-state index in [-0.39, 0.29) is 0 Å². The number of aliphatic hydroxyl groups is 1. The second-order valence-electron chi connectivity index (χ2n) is 7.35. The zero-order valence-electron chi connectivity index (χ0n) is 15.9. The van der Waals surface area contributed by atoms with Gasteiger partial charge in [-0.25, -0.2) is 9.59 Å². The molecule has 2 unspecified atom stereocenters. The van der Waals surface area contributed by atoms with E-state index in [1.165, 1.54) is 7.11 Å². The van der Waals surface area contributed by atoms with E-state index in [0.717, 1.165) is 16.0 Å². The zero-order chi connectivity index (χ0) is 20.2. The number of amides is 1. The molecule has 1 amide bonds. The van der Waals surface area contributed by atoms with Crippen molar-refractivity contribution < 1.29 is 24.5 Å². The molecule has 0 aromatic heterocycles. The van der Waals surface area contributed by atoms with Gasteiger partial charge in [0.05, 0.1) is 13.2 Å². The van der Waals surface area contributed by atoms with Gasteiger partial charge in [-0.3, -0.25) is 4.90 Å². The summed E-state index contributed by atoms with van der Waals surface area (Å²) in [4.78, 5) is 25.3. The number of carboxylic acids is 1. The van der Waals surface area contributed by atoms with Crippen molar-refractivity contribution in [1.29, 1.82) is 0 Å². The van der Waals surface area contributed by atoms with Crippen molar-refractivity contribution >= 4 is 17.7 Å². The van der Waals surface area contributed by atoms with Crippen LogP contribution in [-0.2, 0) is 9.53 Å². The van der Waals surface area contributed by atoms with Crippen molar-refractivity contribution in [1.82, 2.24) is 0 Å². The second kappa shape index (κ2) is 8.22. The molecular weight excluding hydrogens is 346 g/mol. The minimum absolute atomic E-state index is 0.331. The maximum absolute atomic E-state index is 12.4. The van der Waals surface area contributed by atoms with Gasteiger partial charge in [0, 0.05) is 5.69 Å². The highest BCUT2D eigenvalue weighted by Crippen LogP contribution is 2.30. The van der Waals surface area contributed by atoms with Crippen LogP contribution in [0.3, 0.4) is 0 Å². The normalized spacial score (nSPS) is 13.5. The summed E-state index contributed by atoms with van der Waals surface area (Å²) in [5, 5.41) is 20.3. The predicted molar refractivity (Wildman–Crippen MR) is 104 cm³/mol. The molecule has 27 heavy (non-hydrogen) atoms. The maximum Gasteiger partial charge on any atom is 0.414 e. The number of rotatable bonds is 5. The standard InChI is InChI=1S/C21H25NO5/c1-21(2,3)18(23)17(19(24)25)22(20(26)27-4)16-12-10-15(11-13-16)14-8-6-5-7-9-14/h5-13,17-18,23H,1-4H3,(H,24,25). The number of methoxy groups -OCH3 is 1. The number of anilines is 1. The molecule has 2 rings (SSSR count). The van der Waals surface area contributed by atoms with Crippen LogP contribution >= 0.6 is 0 Å². The monoisotopic (exact) mass is 371 g/mol. The van der Waals surface area contributed by atoms with Crippen molar-refractivity contribution in [3.8, 4) is 11.1 Å². The number of hydrogen-bond acceptors (Lipinski definition) is 4. The van der Waals surface area contributed by atoms with E-state index in [0.29, 0.717) is 5.69 Å². The van der Waals surface area contributed by atoms with Crippen LogP contribution in [0.15, 0.2) is 54.6 Å². The van der Waals surface area contributed by atoms with E-state index in [4.69, 9.17) is 4.74 Å². The number of benzene rings is 2. The topological polar surface area (TPSA) is 87.1 Å². The van der Waals surface area contributed by atoms with Crippen molar-refractivity contribution in [2.45, 2.75) is 32.9 Å². The van der Waals surface area contributed by atoms with Crippen LogP contribution in [0.4, 0.5) is 10.5 Å². The lowest BCUT2D eigenvalue weighted by Crippen LogP contribution is -2.56. The largest absolute Gasteiger partial charge is 0.480 e. The molecule has 144 valence electrons. The number of carboxylic acid groups (broad SMARTS) is 1. The van der Waals surface area contributed by atoms with E-state index < -0.39 is 29.6 Å². The summed E-state index contributed by atoms with van der Waals surface area (Å²) in [5.74, 6) is -1.31. The van der Waals surface area contributed by atoms with Gasteiger partial charge in [0.15, 0.2) is 6.04 Å². The first-order valence-electron chi connectivity index (χ1n) is 8.60. The van der Waals surface area contributed by atoms with Crippen molar-refractivity contribution in [2.75, 3.05) is 12.0 Å². The maximum atomic E-state index is 12.4. The molecule has 0 saturated heterocycles. The molecule has 2 atom stereocenters. The van der Waals surface area contributed by atoms with E-state index in [2.05, 4.69) is 0 Å². The third-order valence-corrected chi connectivity index (χ3v) is 4.34. The molecule has 0 heterocycles. The molecule has 2 N–H and O–H groups in total. The van der Waals surface area contributed by atoms with Gasteiger partial charge >= 0.3 is 12.1 Å². The Bertz CT molecular complexity index is 780. The Morgan fingerprint density at radius 1 is 0.963 bits per heavy atom. The minimum Gasteiger partial charge on any atom is -0.480 e. The highest BCUT2D eigenvalue weighted by molar-refractivity contribution is 5.95. The lowest BCUT2D eigenvalue weighted by Gasteiger charge is -2.36. The van der Waals surface area contributed by atoms with Gasteiger partial charge in [-0.2, -0.15) is 0 Å². The Morgan fingerprint density at radius 3 is 1.93 bits per heavy atom. The van der Waals surface area contributed by atoms with E-state index in [1.807, 2.05) is 30.3 Å². The fourth-order valence-corrected chi connectivity index (χ4v) is 2.78. The average molecular weight is 371 g/mol. The molecule has 0 aliphatic heterocycles. The Kier molecular flexibility index (Phi) is 6.23. The molecule has 6 heteroatoms. The first-order chi connectivity index (χ1) is 12.7. The molecule has 0 aliphatic carbocycles. The van der Waals surface area contributed by atoms with E-state index in [9.17, 15) is 19.8 Å². The molecule has 0 spiro atoms. The van der Waals surface area contributed by atoms with Crippen molar-refractivity contribution in [2.24, 2.45) is 5.41 Å². The first kappa shape index (κ1) is 20.5. The predicted octanol–water partition coefficient (Wildman–Crippen LogP) is 3.79. The summed E-state index contributed by atoms with van der Waals surface area (Å²) >= 11 is 0. The molecular formula is C21H25NO5. The van der Waals surface area contributed by atoms with Crippen LogP contribution in [0, 0.1) is 5.41 Å². The highest BCUT2D eigenvalue weighted by Gasteiger charge is 2.42. The van der Waals surface area contributed by atoms with E-state index >= 15 is 0 Å². The second-order valence-corrected chi connectivity index (χ2v) is 7.35. The Hall–Kier alpha value is -2.86. The van der Waals surface area contributed by atoms with Crippen LogP contribution in [0.25, 0.3) is 11.1 Å². The Labute approximate surface area is 159 Å². The number of carbonyl (C=O) groups is 2. The van der Waals surface area contributed by atoms with Crippen molar-refractivity contribution in [3.63, 3.8) is 0 Å². The Morgan fingerprint density at radius 2 is 1.48 bits per heavy atom. The number of aliphatic hydroxyl groups excluding tert-OH is 1. The van der Waals surface area contributed by atoms with Crippen LogP contribution in [0.2, 0.25) is 0 Å². The van der Waals surface area contributed by atoms with Gasteiger partial charge in [-0.15, -0.1) is 0 Å². The number of ether oxygens (including phenoxy) is 1. The van der Waals surface area contributed by atoms with Gasteiger partial charge < -0.3 is 14.9 Å². The zero-order valence-corrected chi connectivity index (χ0v) is 15.9. The van der Waals surface area contributed by atoms with Gasteiger partial charge in [0.1, 0.15) is 0 Å². The smallest absolute Gasteiger partial charge is 0.414 e. The number of hydrogen-bond donors (Lipinski definition) is 2. The molecule has 0 fully saturated rings. The number of nitrogens with zero attached hydrogens (tertiary/aromatic N) is 1. The van der Waals surface area contributed by atoms with Gasteiger partial charge in [-0.1, -0.05) is 63.2 Å². The summed E-state index contributed by atoms with van der Waals surface area (Å²) in [5.41, 5.74) is 1.50. The molecule has 2 aromatic carbocycles. The Balaban J connectivity index is 2.46. The van der Waals surface area contributed by atoms with Crippen LogP contribution in [0.1, 0.15) is 20.8 Å². The fourth-order valence-electron chi connectivity index (χ4n) is 2.78. The van der Waals surface area contributed by atoms with Crippen LogP contribution < -0.4 is 4.90 Å². The van der Waals surface area contributed by atoms with Gasteiger partial charge in [0.25, 0.3) is 0 Å². The third-order valence-electron chi connectivity index (χ3n) is 4.34. The average Bonchev–Trinajstić information content (AvgIpc) is 2.64. The highest BCUT2D eigenvalue weighted by atomic mass is 16.5. The fraction of sp³-hybridized carbons (Fsp3) is 0.333. The number of aliphatic carboxylic acids is 1. The van der Waals surface area contributed by atoms with Crippen LogP contribution in [-0.4, -0.2) is 41.5 Å². The lowest BCUT2D eigenvalue weighted by atomic mass is 9.84. The quantitative estimate of drug-likeness (QED) is 0.835. The van der Waals surface area contributed by atoms with Gasteiger partial charge in [-0.05, 0) is 28.7 Å². The van der Waals surface area contributed by atoms with E-state index in [1.54, 1.807) is 45.0 Å². The molecule has 0 bridgehead atoms. The van der Waals surface area contributed by atoms with Crippen LogP contribution in [0.5, 0.6) is 0 Å². The molecule has 0 saturated carbocycles.